The molecule has 0 heterocycles. The molecule has 0 aromatic rings. The van der Waals surface area contributed by atoms with E-state index in [-0.39, 0.29) is 11.9 Å². The van der Waals surface area contributed by atoms with Crippen LogP contribution in [-0.2, 0) is 14.3 Å². The first-order valence-corrected chi connectivity index (χ1v) is 14.8. The number of ether oxygens (including phenoxy) is 1. The maximum atomic E-state index is 12.9. The third-order valence-corrected chi connectivity index (χ3v) is 11.4. The molecule has 190 valence electrons. The van der Waals surface area contributed by atoms with E-state index in [2.05, 4.69) is 20.8 Å². The summed E-state index contributed by atoms with van der Waals surface area (Å²) in [6.07, 6.45) is 18.5. The van der Waals surface area contributed by atoms with Crippen LogP contribution in [0.4, 0.5) is 0 Å². The summed E-state index contributed by atoms with van der Waals surface area (Å²) in [6.45, 7) is 7.89. The number of ketones is 1. The smallest absolute Gasteiger partial charge is 0.308 e. The number of allylic oxidation sites excluding steroid dienone is 1. The zero-order chi connectivity index (χ0) is 23.9. The Bertz CT molecular complexity index is 790. The SMILES string of the molecule is CCCCC1CCC(C(=O)OC[C@@H]2CC[C@@H]3[C@H]4[C@H](CC[C@]23C)[C@H]2CCC(=O)C=C2C[C@H]4C)CC1. The molecular formula is C31H48O3. The highest BCUT2D eigenvalue weighted by atomic mass is 16.5. The maximum Gasteiger partial charge on any atom is 0.308 e. The third kappa shape index (κ3) is 4.55. The normalized spacial score (nSPS) is 44.0. The standard InChI is InChI=1S/C31H48O3/c1-4-5-6-21-7-9-22(10-8-21)30(33)34-19-24-11-14-28-29-20(2)17-23-18-25(32)12-13-26(23)27(29)15-16-31(24,28)3/h18,20-22,24,26-29H,4-17,19H2,1-3H3/t20-,21?,22?,24+,26+,27-,28-,29-,31-/m1/s1. The average molecular weight is 469 g/mol. The molecule has 3 heteroatoms. The minimum absolute atomic E-state index is 0.0994. The van der Waals surface area contributed by atoms with Gasteiger partial charge in [-0.25, -0.2) is 0 Å². The molecule has 0 radical (unpaired) electrons. The van der Waals surface area contributed by atoms with Crippen molar-refractivity contribution in [3.63, 3.8) is 0 Å². The van der Waals surface area contributed by atoms with Crippen molar-refractivity contribution < 1.29 is 14.3 Å². The van der Waals surface area contributed by atoms with Crippen LogP contribution in [0.2, 0.25) is 0 Å². The van der Waals surface area contributed by atoms with Crippen molar-refractivity contribution in [2.24, 2.45) is 52.8 Å². The van der Waals surface area contributed by atoms with E-state index in [0.29, 0.717) is 35.6 Å². The molecule has 5 rings (SSSR count). The Morgan fingerprint density at radius 1 is 1.09 bits per heavy atom. The Morgan fingerprint density at radius 2 is 1.88 bits per heavy atom. The summed E-state index contributed by atoms with van der Waals surface area (Å²) in [6, 6.07) is 0. The van der Waals surface area contributed by atoms with Crippen LogP contribution >= 0.6 is 0 Å². The van der Waals surface area contributed by atoms with E-state index >= 15 is 0 Å². The van der Waals surface area contributed by atoms with Crippen LogP contribution < -0.4 is 0 Å². The lowest BCUT2D eigenvalue weighted by atomic mass is 9.49. The highest BCUT2D eigenvalue weighted by molar-refractivity contribution is 5.91. The first-order valence-electron chi connectivity index (χ1n) is 14.8. The minimum Gasteiger partial charge on any atom is -0.465 e. The number of hydrogen-bond donors (Lipinski definition) is 0. The van der Waals surface area contributed by atoms with Crippen LogP contribution in [-0.4, -0.2) is 18.4 Å². The van der Waals surface area contributed by atoms with Crippen LogP contribution in [0.3, 0.4) is 0 Å². The summed E-state index contributed by atoms with van der Waals surface area (Å²) in [5, 5.41) is 0. The molecule has 3 nitrogen and oxygen atoms in total. The highest BCUT2D eigenvalue weighted by Crippen LogP contribution is 2.64. The van der Waals surface area contributed by atoms with Crippen molar-refractivity contribution in [1.82, 2.24) is 0 Å². The van der Waals surface area contributed by atoms with Gasteiger partial charge in [0, 0.05) is 6.42 Å². The van der Waals surface area contributed by atoms with Gasteiger partial charge in [0.1, 0.15) is 0 Å². The summed E-state index contributed by atoms with van der Waals surface area (Å²) in [4.78, 5) is 25.0. The predicted octanol–water partition coefficient (Wildman–Crippen LogP) is 7.53. The highest BCUT2D eigenvalue weighted by Gasteiger charge is 2.58. The van der Waals surface area contributed by atoms with Crippen molar-refractivity contribution in [3.8, 4) is 0 Å². The molecule has 5 aliphatic carbocycles. The van der Waals surface area contributed by atoms with Gasteiger partial charge >= 0.3 is 5.97 Å². The summed E-state index contributed by atoms with van der Waals surface area (Å²) < 4.78 is 6.07. The van der Waals surface area contributed by atoms with Gasteiger partial charge in [-0.1, -0.05) is 45.6 Å². The van der Waals surface area contributed by atoms with E-state index in [0.717, 1.165) is 55.8 Å². The van der Waals surface area contributed by atoms with Crippen molar-refractivity contribution in [3.05, 3.63) is 11.6 Å². The minimum atomic E-state index is 0.0994. The van der Waals surface area contributed by atoms with Crippen molar-refractivity contribution in [1.29, 1.82) is 0 Å². The Balaban J connectivity index is 1.18. The van der Waals surface area contributed by atoms with Crippen molar-refractivity contribution in [2.75, 3.05) is 6.61 Å². The number of carbonyl (C=O) groups is 2. The second-order valence-corrected chi connectivity index (χ2v) is 13.2. The van der Waals surface area contributed by atoms with Crippen LogP contribution in [0.25, 0.3) is 0 Å². The Hall–Kier alpha value is -1.12. The molecule has 0 N–H and O–H groups in total. The summed E-state index contributed by atoms with van der Waals surface area (Å²) in [5.41, 5.74) is 1.79. The molecule has 0 bridgehead atoms. The number of fused-ring (bicyclic) bond motifs is 5. The van der Waals surface area contributed by atoms with Gasteiger partial charge in [0.25, 0.3) is 0 Å². The molecule has 7 atom stereocenters. The first kappa shape index (κ1) is 24.6. The second-order valence-electron chi connectivity index (χ2n) is 13.2. The van der Waals surface area contributed by atoms with Gasteiger partial charge in [-0.3, -0.25) is 9.59 Å². The molecular weight excluding hydrogens is 420 g/mol. The maximum absolute atomic E-state index is 12.9. The van der Waals surface area contributed by atoms with Gasteiger partial charge in [0.2, 0.25) is 0 Å². The molecule has 0 spiro atoms. The van der Waals surface area contributed by atoms with Crippen LogP contribution in [0, 0.1) is 52.8 Å². The van der Waals surface area contributed by atoms with E-state index in [1.54, 1.807) is 0 Å². The number of unbranched alkanes of at least 4 members (excludes halogenated alkanes) is 1. The zero-order valence-corrected chi connectivity index (χ0v) is 22.0. The largest absolute Gasteiger partial charge is 0.465 e. The molecule has 0 unspecified atom stereocenters. The van der Waals surface area contributed by atoms with E-state index in [1.807, 2.05) is 6.08 Å². The van der Waals surface area contributed by atoms with Gasteiger partial charge in [0.05, 0.1) is 12.5 Å². The fourth-order valence-corrected chi connectivity index (χ4v) is 9.45. The molecule has 0 aromatic heterocycles. The van der Waals surface area contributed by atoms with Gasteiger partial charge < -0.3 is 4.74 Å². The summed E-state index contributed by atoms with van der Waals surface area (Å²) in [5.74, 6) is 5.62. The van der Waals surface area contributed by atoms with Gasteiger partial charge in [-0.15, -0.1) is 0 Å². The number of carbonyl (C=O) groups excluding carboxylic acids is 2. The van der Waals surface area contributed by atoms with E-state index in [9.17, 15) is 9.59 Å². The van der Waals surface area contributed by atoms with E-state index in [4.69, 9.17) is 4.74 Å². The van der Waals surface area contributed by atoms with Gasteiger partial charge in [-0.2, -0.15) is 0 Å². The number of esters is 1. The van der Waals surface area contributed by atoms with Crippen LogP contribution in [0.15, 0.2) is 11.6 Å². The van der Waals surface area contributed by atoms with Gasteiger partial charge in [-0.05, 0) is 117 Å². The molecule has 0 saturated heterocycles. The number of hydrogen-bond acceptors (Lipinski definition) is 3. The summed E-state index contributed by atoms with van der Waals surface area (Å²) >= 11 is 0. The summed E-state index contributed by atoms with van der Waals surface area (Å²) in [7, 11) is 0. The Kier molecular flexibility index (Phi) is 7.29. The molecule has 0 aromatic carbocycles. The average Bonchev–Trinajstić information content (AvgIpc) is 3.17. The van der Waals surface area contributed by atoms with Crippen molar-refractivity contribution in [2.45, 2.75) is 111 Å². The number of rotatable bonds is 6. The molecule has 4 saturated carbocycles. The predicted molar refractivity (Wildman–Crippen MR) is 136 cm³/mol. The zero-order valence-electron chi connectivity index (χ0n) is 22.0. The fraction of sp³-hybridized carbons (Fsp3) is 0.871. The first-order chi connectivity index (χ1) is 16.4. The topological polar surface area (TPSA) is 43.4 Å². The molecule has 5 aliphatic rings. The van der Waals surface area contributed by atoms with Crippen LogP contribution in [0.5, 0.6) is 0 Å². The molecule has 4 fully saturated rings. The Labute approximate surface area is 207 Å². The van der Waals surface area contributed by atoms with Gasteiger partial charge in [0.15, 0.2) is 5.78 Å². The second kappa shape index (κ2) is 10.1. The fourth-order valence-electron chi connectivity index (χ4n) is 9.45. The lowest BCUT2D eigenvalue weighted by molar-refractivity contribution is -0.153. The monoisotopic (exact) mass is 468 g/mol. The lowest BCUT2D eigenvalue weighted by Gasteiger charge is -2.56. The van der Waals surface area contributed by atoms with E-state index in [1.165, 1.54) is 63.4 Å². The molecule has 0 aliphatic heterocycles. The molecule has 0 amide bonds. The van der Waals surface area contributed by atoms with E-state index < -0.39 is 0 Å². The van der Waals surface area contributed by atoms with Crippen molar-refractivity contribution >= 4 is 11.8 Å². The quantitative estimate of drug-likeness (QED) is 0.378. The third-order valence-electron chi connectivity index (χ3n) is 11.4. The van der Waals surface area contributed by atoms with Crippen LogP contribution in [0.1, 0.15) is 111 Å². The Morgan fingerprint density at radius 3 is 2.65 bits per heavy atom. The molecule has 34 heavy (non-hydrogen) atoms. The lowest BCUT2D eigenvalue weighted by Crippen LogP contribution is -2.49.